The molecule has 1 unspecified atom stereocenters. The molecule has 2 aliphatic rings. The number of ether oxygens (including phenoxy) is 1. The first-order valence-corrected chi connectivity index (χ1v) is 9.69. The number of ketones is 1. The van der Waals surface area contributed by atoms with Crippen LogP contribution in [0.1, 0.15) is 56.3 Å². The van der Waals surface area contributed by atoms with Crippen molar-refractivity contribution in [2.24, 2.45) is 5.92 Å². The second-order valence-electron chi connectivity index (χ2n) is 8.00. The molecule has 0 aliphatic carbocycles. The van der Waals surface area contributed by atoms with E-state index in [9.17, 15) is 14.4 Å². The molecule has 0 aromatic carbocycles. The summed E-state index contributed by atoms with van der Waals surface area (Å²) in [5.74, 6) is -0.731. The van der Waals surface area contributed by atoms with Gasteiger partial charge in [-0.25, -0.2) is 0 Å². The first-order valence-electron chi connectivity index (χ1n) is 9.69. The lowest BCUT2D eigenvalue weighted by atomic mass is 9.88. The Kier molecular flexibility index (Phi) is 5.99. The lowest BCUT2D eigenvalue weighted by molar-refractivity contribution is -0.139. The summed E-state index contributed by atoms with van der Waals surface area (Å²) < 4.78 is 11.2. The highest BCUT2D eigenvalue weighted by atomic mass is 16.5. The number of carbonyl (C=O) groups excluding carboxylic acids is 3. The van der Waals surface area contributed by atoms with Crippen LogP contribution in [0.3, 0.4) is 0 Å². The second-order valence-corrected chi connectivity index (χ2v) is 8.00. The van der Waals surface area contributed by atoms with E-state index in [4.69, 9.17) is 9.15 Å². The monoisotopic (exact) mass is 376 g/mol. The third-order valence-electron chi connectivity index (χ3n) is 5.41. The van der Waals surface area contributed by atoms with Crippen LogP contribution in [0.25, 0.3) is 0 Å². The largest absolute Gasteiger partial charge is 0.472 e. The molecule has 3 rings (SSSR count). The van der Waals surface area contributed by atoms with Crippen LogP contribution in [-0.2, 0) is 14.3 Å². The first kappa shape index (κ1) is 19.6. The van der Waals surface area contributed by atoms with E-state index in [1.807, 2.05) is 18.7 Å². The molecule has 2 saturated heterocycles. The van der Waals surface area contributed by atoms with Gasteiger partial charge in [0.15, 0.2) is 0 Å². The number of furan rings is 1. The SMILES string of the molecule is CC(C)CC(=O)C(=O)NCC1CCC2(CCN(C(=O)c3ccoc3)CC2)O1. The molecule has 2 amide bonds. The number of hydrogen-bond donors (Lipinski definition) is 1. The van der Waals surface area contributed by atoms with Crippen molar-refractivity contribution in [3.8, 4) is 0 Å². The highest BCUT2D eigenvalue weighted by Crippen LogP contribution is 2.39. The molecule has 1 aromatic rings. The maximum Gasteiger partial charge on any atom is 0.287 e. The Balaban J connectivity index is 1.44. The molecule has 7 heteroatoms. The number of nitrogens with one attached hydrogen (secondary N) is 1. The minimum absolute atomic E-state index is 0.0101. The van der Waals surface area contributed by atoms with Gasteiger partial charge in [-0.3, -0.25) is 14.4 Å². The fourth-order valence-electron chi connectivity index (χ4n) is 3.86. The van der Waals surface area contributed by atoms with E-state index < -0.39 is 5.91 Å². The first-order chi connectivity index (χ1) is 12.9. The molecule has 3 heterocycles. The summed E-state index contributed by atoms with van der Waals surface area (Å²) in [6.45, 7) is 5.49. The Bertz CT molecular complexity index is 675. The molecule has 1 aromatic heterocycles. The number of carbonyl (C=O) groups is 3. The number of nitrogens with zero attached hydrogens (tertiary/aromatic N) is 1. The number of Topliss-reactive ketones (excluding diaryl/α,β-unsaturated/α-hetero) is 1. The van der Waals surface area contributed by atoms with Crippen molar-refractivity contribution in [2.75, 3.05) is 19.6 Å². The zero-order chi connectivity index (χ0) is 19.4. The number of rotatable bonds is 6. The fourth-order valence-corrected chi connectivity index (χ4v) is 3.86. The zero-order valence-corrected chi connectivity index (χ0v) is 16.0. The van der Waals surface area contributed by atoms with Gasteiger partial charge in [0.2, 0.25) is 5.78 Å². The lowest BCUT2D eigenvalue weighted by Gasteiger charge is -2.39. The smallest absolute Gasteiger partial charge is 0.287 e. The van der Waals surface area contributed by atoms with Gasteiger partial charge in [0, 0.05) is 26.1 Å². The lowest BCUT2D eigenvalue weighted by Crippen LogP contribution is -2.47. The van der Waals surface area contributed by atoms with Crippen LogP contribution in [0.15, 0.2) is 23.0 Å². The van der Waals surface area contributed by atoms with Gasteiger partial charge in [0.05, 0.1) is 23.5 Å². The molecule has 0 bridgehead atoms. The second kappa shape index (κ2) is 8.25. The van der Waals surface area contributed by atoms with Crippen molar-refractivity contribution in [2.45, 2.75) is 57.7 Å². The topological polar surface area (TPSA) is 88.9 Å². The average molecular weight is 376 g/mol. The summed E-state index contributed by atoms with van der Waals surface area (Å²) in [6.07, 6.45) is 6.51. The summed E-state index contributed by atoms with van der Waals surface area (Å²) in [6, 6.07) is 1.68. The van der Waals surface area contributed by atoms with Gasteiger partial charge in [-0.05, 0) is 37.7 Å². The standard InChI is InChI=1S/C20H28N2O5/c1-14(2)11-17(23)18(24)21-12-16-3-5-20(27-16)6-8-22(9-7-20)19(25)15-4-10-26-13-15/h4,10,13-14,16H,3,5-9,11-12H2,1-2H3,(H,21,24). The van der Waals surface area contributed by atoms with E-state index in [1.165, 1.54) is 12.5 Å². The summed E-state index contributed by atoms with van der Waals surface area (Å²) in [4.78, 5) is 37.8. The van der Waals surface area contributed by atoms with Crippen molar-refractivity contribution >= 4 is 17.6 Å². The van der Waals surface area contributed by atoms with Crippen LogP contribution in [0.5, 0.6) is 0 Å². The van der Waals surface area contributed by atoms with Crippen LogP contribution >= 0.6 is 0 Å². The van der Waals surface area contributed by atoms with Gasteiger partial charge in [0.1, 0.15) is 6.26 Å². The van der Waals surface area contributed by atoms with Crippen molar-refractivity contribution in [3.63, 3.8) is 0 Å². The minimum Gasteiger partial charge on any atom is -0.472 e. The third kappa shape index (κ3) is 4.77. The third-order valence-corrected chi connectivity index (χ3v) is 5.41. The molecule has 2 aliphatic heterocycles. The fraction of sp³-hybridized carbons (Fsp3) is 0.650. The number of likely N-dealkylation sites (tertiary alicyclic amines) is 1. The van der Waals surface area contributed by atoms with Gasteiger partial charge in [-0.1, -0.05) is 13.8 Å². The maximum absolute atomic E-state index is 12.4. The Morgan fingerprint density at radius 3 is 2.63 bits per heavy atom. The van der Waals surface area contributed by atoms with Crippen molar-refractivity contribution in [3.05, 3.63) is 24.2 Å². The molecule has 0 radical (unpaired) electrons. The molecule has 0 saturated carbocycles. The summed E-state index contributed by atoms with van der Waals surface area (Å²) in [5.41, 5.74) is 0.356. The van der Waals surface area contributed by atoms with Crippen LogP contribution in [0.2, 0.25) is 0 Å². The molecule has 27 heavy (non-hydrogen) atoms. The molecular formula is C20H28N2O5. The Labute approximate surface area is 159 Å². The zero-order valence-electron chi connectivity index (χ0n) is 16.0. The van der Waals surface area contributed by atoms with Crippen LogP contribution in [-0.4, -0.2) is 53.8 Å². The van der Waals surface area contributed by atoms with E-state index >= 15 is 0 Å². The molecule has 148 valence electrons. The molecule has 1 N–H and O–H groups in total. The Morgan fingerprint density at radius 2 is 2.00 bits per heavy atom. The van der Waals surface area contributed by atoms with Crippen molar-refractivity contribution in [1.29, 1.82) is 0 Å². The molecule has 1 spiro atoms. The highest BCUT2D eigenvalue weighted by molar-refractivity contribution is 6.36. The molecule has 1 atom stereocenters. The van der Waals surface area contributed by atoms with Crippen LogP contribution < -0.4 is 5.32 Å². The minimum atomic E-state index is -0.520. The van der Waals surface area contributed by atoms with E-state index in [-0.39, 0.29) is 35.7 Å². The van der Waals surface area contributed by atoms with E-state index in [0.29, 0.717) is 25.2 Å². The van der Waals surface area contributed by atoms with Gasteiger partial charge in [0.25, 0.3) is 11.8 Å². The number of hydrogen-bond acceptors (Lipinski definition) is 5. The van der Waals surface area contributed by atoms with Crippen LogP contribution in [0, 0.1) is 5.92 Å². The Hall–Kier alpha value is -2.15. The summed E-state index contributed by atoms with van der Waals surface area (Å²) in [7, 11) is 0. The number of amides is 2. The normalized spacial score (nSPS) is 21.6. The number of piperidine rings is 1. The average Bonchev–Trinajstić information content (AvgIpc) is 3.30. The molecule has 2 fully saturated rings. The summed E-state index contributed by atoms with van der Waals surface area (Å²) in [5, 5.41) is 2.71. The van der Waals surface area contributed by atoms with Gasteiger partial charge < -0.3 is 19.4 Å². The molecular weight excluding hydrogens is 348 g/mol. The quantitative estimate of drug-likeness (QED) is 0.769. The predicted octanol–water partition coefficient (Wildman–Crippen LogP) is 2.16. The van der Waals surface area contributed by atoms with E-state index in [1.54, 1.807) is 6.07 Å². The van der Waals surface area contributed by atoms with E-state index in [0.717, 1.165) is 25.7 Å². The van der Waals surface area contributed by atoms with Crippen molar-refractivity contribution in [1.82, 2.24) is 10.2 Å². The van der Waals surface area contributed by atoms with Gasteiger partial charge >= 0.3 is 0 Å². The maximum atomic E-state index is 12.4. The van der Waals surface area contributed by atoms with Gasteiger partial charge in [-0.2, -0.15) is 0 Å². The van der Waals surface area contributed by atoms with Crippen LogP contribution in [0.4, 0.5) is 0 Å². The summed E-state index contributed by atoms with van der Waals surface area (Å²) >= 11 is 0. The Morgan fingerprint density at radius 1 is 1.26 bits per heavy atom. The highest BCUT2D eigenvalue weighted by Gasteiger charge is 2.43. The van der Waals surface area contributed by atoms with Gasteiger partial charge in [-0.15, -0.1) is 0 Å². The van der Waals surface area contributed by atoms with Crippen molar-refractivity contribution < 1.29 is 23.5 Å². The van der Waals surface area contributed by atoms with E-state index in [2.05, 4.69) is 5.32 Å². The predicted molar refractivity (Wildman–Crippen MR) is 98.2 cm³/mol. The molecule has 7 nitrogen and oxygen atoms in total.